The number of pyridine rings is 1. The Hall–Kier alpha value is -1.93. The number of hydrogen-bond acceptors (Lipinski definition) is 6. The fraction of sp³-hybridized carbons (Fsp3) is 0.500. The van der Waals surface area contributed by atoms with Crippen molar-refractivity contribution >= 4 is 29.1 Å². The number of anilines is 1. The minimum atomic E-state index is -0.808. The predicted octanol–water partition coefficient (Wildman–Crippen LogP) is 1.24. The van der Waals surface area contributed by atoms with Crippen LogP contribution in [0.4, 0.5) is 11.5 Å². The lowest BCUT2D eigenvalue weighted by molar-refractivity contribution is -0.385. The molecule has 21 heavy (non-hydrogen) atoms. The smallest absolute Gasteiger partial charge is 0.304 e. The Morgan fingerprint density at radius 2 is 2.10 bits per heavy atom. The molecular weight excluding hydrogens is 300 g/mol. The van der Waals surface area contributed by atoms with E-state index in [0.717, 1.165) is 0 Å². The number of nitrogens with zero attached hydrogens (tertiary/aromatic N) is 4. The second kappa shape index (κ2) is 6.68. The maximum absolute atomic E-state index is 10.6. The Morgan fingerprint density at radius 1 is 1.43 bits per heavy atom. The molecule has 1 aliphatic heterocycles. The van der Waals surface area contributed by atoms with Gasteiger partial charge in [0.15, 0.2) is 0 Å². The van der Waals surface area contributed by atoms with E-state index < -0.39 is 10.9 Å². The highest BCUT2D eigenvalue weighted by Crippen LogP contribution is 2.27. The summed E-state index contributed by atoms with van der Waals surface area (Å²) in [6, 6.07) is 1.29. The average molecular weight is 315 g/mol. The van der Waals surface area contributed by atoms with Crippen molar-refractivity contribution in [3.63, 3.8) is 0 Å². The van der Waals surface area contributed by atoms with E-state index in [4.69, 9.17) is 16.7 Å². The van der Waals surface area contributed by atoms with Crippen LogP contribution in [0, 0.1) is 10.1 Å². The topological polar surface area (TPSA) is 99.8 Å². The van der Waals surface area contributed by atoms with Crippen molar-refractivity contribution in [2.45, 2.75) is 6.42 Å². The third-order valence-electron chi connectivity index (χ3n) is 3.33. The number of rotatable bonds is 5. The summed E-state index contributed by atoms with van der Waals surface area (Å²) in [5, 5.41) is 19.6. The summed E-state index contributed by atoms with van der Waals surface area (Å²) < 4.78 is 0. The molecule has 0 aliphatic carbocycles. The van der Waals surface area contributed by atoms with E-state index in [1.165, 1.54) is 12.3 Å². The fourth-order valence-corrected chi connectivity index (χ4v) is 2.47. The van der Waals surface area contributed by atoms with Crippen molar-refractivity contribution in [1.29, 1.82) is 0 Å². The zero-order chi connectivity index (χ0) is 15.4. The zero-order valence-corrected chi connectivity index (χ0v) is 12.0. The van der Waals surface area contributed by atoms with Gasteiger partial charge >= 0.3 is 5.97 Å². The van der Waals surface area contributed by atoms with Crippen LogP contribution in [0.5, 0.6) is 0 Å². The van der Waals surface area contributed by atoms with Crippen molar-refractivity contribution in [2.24, 2.45) is 0 Å². The van der Waals surface area contributed by atoms with Gasteiger partial charge in [-0.05, 0) is 0 Å². The summed E-state index contributed by atoms with van der Waals surface area (Å²) >= 11 is 6.05. The number of aromatic nitrogens is 1. The van der Waals surface area contributed by atoms with E-state index >= 15 is 0 Å². The lowest BCUT2D eigenvalue weighted by Gasteiger charge is -2.35. The first-order chi connectivity index (χ1) is 9.97. The number of carbonyl (C=O) groups is 1. The molecule has 1 N–H and O–H groups in total. The van der Waals surface area contributed by atoms with E-state index in [0.29, 0.717) is 38.5 Å². The largest absolute Gasteiger partial charge is 0.481 e. The maximum atomic E-state index is 10.6. The van der Waals surface area contributed by atoms with Crippen LogP contribution in [0.2, 0.25) is 5.02 Å². The molecule has 1 saturated heterocycles. The Balaban J connectivity index is 1.96. The number of halogens is 1. The highest BCUT2D eigenvalue weighted by Gasteiger charge is 2.21. The highest BCUT2D eigenvalue weighted by molar-refractivity contribution is 6.33. The first-order valence-corrected chi connectivity index (χ1v) is 6.84. The quantitative estimate of drug-likeness (QED) is 0.644. The van der Waals surface area contributed by atoms with Gasteiger partial charge in [-0.15, -0.1) is 0 Å². The highest BCUT2D eigenvalue weighted by atomic mass is 35.5. The minimum absolute atomic E-state index is 0.122. The van der Waals surface area contributed by atoms with Crippen LogP contribution in [-0.4, -0.2) is 58.6 Å². The molecule has 0 saturated carbocycles. The van der Waals surface area contributed by atoms with Gasteiger partial charge in [0, 0.05) is 38.8 Å². The third kappa shape index (κ3) is 4.02. The summed E-state index contributed by atoms with van der Waals surface area (Å²) in [6.07, 6.45) is 1.31. The van der Waals surface area contributed by atoms with E-state index in [1.54, 1.807) is 0 Å². The lowest BCUT2D eigenvalue weighted by atomic mass is 10.2. The molecule has 0 unspecified atom stereocenters. The van der Waals surface area contributed by atoms with Crippen LogP contribution in [0.1, 0.15) is 6.42 Å². The van der Waals surface area contributed by atoms with Gasteiger partial charge in [0.1, 0.15) is 12.0 Å². The molecule has 8 nitrogen and oxygen atoms in total. The van der Waals surface area contributed by atoms with Gasteiger partial charge in [-0.2, -0.15) is 0 Å². The molecule has 2 rings (SSSR count). The molecule has 0 spiro atoms. The van der Waals surface area contributed by atoms with Gasteiger partial charge in [0.25, 0.3) is 5.69 Å². The normalized spacial score (nSPS) is 16.0. The molecule has 1 fully saturated rings. The second-order valence-electron chi connectivity index (χ2n) is 4.73. The Bertz CT molecular complexity index is 546. The van der Waals surface area contributed by atoms with Crippen LogP contribution in [0.3, 0.4) is 0 Å². The summed E-state index contributed by atoms with van der Waals surface area (Å²) in [5.41, 5.74) is -0.135. The summed E-state index contributed by atoms with van der Waals surface area (Å²) in [5.74, 6) is -0.280. The van der Waals surface area contributed by atoms with Crippen molar-refractivity contribution in [2.75, 3.05) is 37.6 Å². The number of piperazine rings is 1. The molecule has 1 aliphatic rings. The SMILES string of the molecule is O=C(O)CCN1CCN(c2ncc([N+](=O)[O-])cc2Cl)CC1. The molecule has 0 bridgehead atoms. The van der Waals surface area contributed by atoms with Crippen LogP contribution in [-0.2, 0) is 4.79 Å². The van der Waals surface area contributed by atoms with Gasteiger partial charge in [-0.3, -0.25) is 19.8 Å². The van der Waals surface area contributed by atoms with Gasteiger partial charge in [-0.25, -0.2) is 4.98 Å². The van der Waals surface area contributed by atoms with Gasteiger partial charge in [0.05, 0.1) is 16.4 Å². The molecule has 0 radical (unpaired) electrons. The minimum Gasteiger partial charge on any atom is -0.481 e. The molecule has 114 valence electrons. The zero-order valence-electron chi connectivity index (χ0n) is 11.2. The van der Waals surface area contributed by atoms with Crippen molar-refractivity contribution in [3.05, 3.63) is 27.4 Å². The van der Waals surface area contributed by atoms with Crippen molar-refractivity contribution < 1.29 is 14.8 Å². The van der Waals surface area contributed by atoms with Crippen LogP contribution >= 0.6 is 11.6 Å². The maximum Gasteiger partial charge on any atom is 0.304 e. The molecule has 0 atom stereocenters. The molecule has 9 heteroatoms. The standard InChI is InChI=1S/C12H15ClN4O4/c13-10-7-9(17(20)21)8-14-12(10)16-5-3-15(4-6-16)2-1-11(18)19/h7-8H,1-6H2,(H,18,19). The molecule has 2 heterocycles. The van der Waals surface area contributed by atoms with E-state index in [2.05, 4.69) is 9.88 Å². The van der Waals surface area contributed by atoms with Crippen LogP contribution in [0.15, 0.2) is 12.3 Å². The van der Waals surface area contributed by atoms with E-state index in [-0.39, 0.29) is 17.1 Å². The Morgan fingerprint density at radius 3 is 2.62 bits per heavy atom. The summed E-state index contributed by atoms with van der Waals surface area (Å²) in [6.45, 7) is 3.25. The Kier molecular flexibility index (Phi) is 4.92. The number of carboxylic acids is 1. The lowest BCUT2D eigenvalue weighted by Crippen LogP contribution is -2.47. The molecular formula is C12H15ClN4O4. The van der Waals surface area contributed by atoms with Crippen LogP contribution < -0.4 is 4.90 Å². The summed E-state index contributed by atoms with van der Waals surface area (Å²) in [4.78, 5) is 28.7. The third-order valence-corrected chi connectivity index (χ3v) is 3.61. The molecule has 0 aromatic carbocycles. The molecule has 1 aromatic rings. The van der Waals surface area contributed by atoms with Gasteiger partial charge in [-0.1, -0.05) is 11.6 Å². The average Bonchev–Trinajstić information content (AvgIpc) is 2.45. The number of nitro groups is 1. The second-order valence-corrected chi connectivity index (χ2v) is 5.14. The Labute approximate surface area is 126 Å². The number of hydrogen-bond donors (Lipinski definition) is 1. The van der Waals surface area contributed by atoms with Crippen molar-refractivity contribution in [1.82, 2.24) is 9.88 Å². The van der Waals surface area contributed by atoms with Crippen LogP contribution in [0.25, 0.3) is 0 Å². The van der Waals surface area contributed by atoms with E-state index in [1.807, 2.05) is 4.90 Å². The van der Waals surface area contributed by atoms with Gasteiger partial charge < -0.3 is 10.0 Å². The number of aliphatic carboxylic acids is 1. The van der Waals surface area contributed by atoms with Crippen molar-refractivity contribution in [3.8, 4) is 0 Å². The van der Waals surface area contributed by atoms with E-state index in [9.17, 15) is 14.9 Å². The van der Waals surface area contributed by atoms with Gasteiger partial charge in [0.2, 0.25) is 0 Å². The fourth-order valence-electron chi connectivity index (χ4n) is 2.19. The molecule has 1 aromatic heterocycles. The monoisotopic (exact) mass is 314 g/mol. The summed E-state index contributed by atoms with van der Waals surface area (Å²) in [7, 11) is 0. The predicted molar refractivity (Wildman–Crippen MR) is 76.8 cm³/mol. The molecule has 0 amide bonds. The first-order valence-electron chi connectivity index (χ1n) is 6.46. The number of carboxylic acid groups (broad SMARTS) is 1. The first kappa shape index (κ1) is 15.5.